The highest BCUT2D eigenvalue weighted by Crippen LogP contribution is 2.24. The number of amides is 1. The molecule has 0 unspecified atom stereocenters. The van der Waals surface area contributed by atoms with Crippen LogP contribution in [0.15, 0.2) is 60.9 Å². The summed E-state index contributed by atoms with van der Waals surface area (Å²) in [5.41, 5.74) is 2.78. The summed E-state index contributed by atoms with van der Waals surface area (Å²) < 4.78 is 7.48. The van der Waals surface area contributed by atoms with Gasteiger partial charge in [-0.1, -0.05) is 30.3 Å². The van der Waals surface area contributed by atoms with Crippen LogP contribution in [-0.4, -0.2) is 22.6 Å². The second-order valence-corrected chi connectivity index (χ2v) is 5.45. The Kier molecular flexibility index (Phi) is 4.61. The molecule has 0 saturated carbocycles. The van der Waals surface area contributed by atoms with Gasteiger partial charge in [-0.15, -0.1) is 0 Å². The molecule has 5 heteroatoms. The molecule has 122 valence electrons. The standard InChI is InChI=1S/C19H19N3O2/c1-14(23)21-17-8-5-7-15(12-17)19-20-10-11-22(19)13-16-6-3-4-9-18(16)24-2/h3-12H,13H2,1-2H3,(H,21,23). The van der Waals surface area contributed by atoms with E-state index >= 15 is 0 Å². The minimum absolute atomic E-state index is 0.0930. The molecule has 1 aromatic heterocycles. The van der Waals surface area contributed by atoms with E-state index in [0.29, 0.717) is 6.54 Å². The fourth-order valence-electron chi connectivity index (χ4n) is 2.65. The third-order valence-corrected chi connectivity index (χ3v) is 3.69. The molecule has 1 heterocycles. The van der Waals surface area contributed by atoms with Crippen LogP contribution < -0.4 is 10.1 Å². The molecule has 3 rings (SSSR count). The maximum absolute atomic E-state index is 11.2. The molecular weight excluding hydrogens is 302 g/mol. The third kappa shape index (κ3) is 3.46. The molecule has 24 heavy (non-hydrogen) atoms. The third-order valence-electron chi connectivity index (χ3n) is 3.69. The number of aromatic nitrogens is 2. The molecule has 0 bridgehead atoms. The van der Waals surface area contributed by atoms with Crippen molar-refractivity contribution in [1.29, 1.82) is 0 Å². The molecule has 0 aliphatic carbocycles. The minimum atomic E-state index is -0.0930. The second-order valence-electron chi connectivity index (χ2n) is 5.45. The minimum Gasteiger partial charge on any atom is -0.496 e. The Bertz CT molecular complexity index is 855. The molecule has 0 aliphatic rings. The number of anilines is 1. The number of nitrogens with zero attached hydrogens (tertiary/aromatic N) is 2. The van der Waals surface area contributed by atoms with E-state index in [4.69, 9.17) is 4.74 Å². The Morgan fingerprint density at radius 3 is 2.83 bits per heavy atom. The first-order valence-electron chi connectivity index (χ1n) is 7.68. The number of carbonyl (C=O) groups excluding carboxylic acids is 1. The largest absolute Gasteiger partial charge is 0.496 e. The lowest BCUT2D eigenvalue weighted by molar-refractivity contribution is -0.114. The van der Waals surface area contributed by atoms with Crippen molar-refractivity contribution in [3.8, 4) is 17.1 Å². The highest BCUT2D eigenvalue weighted by molar-refractivity contribution is 5.89. The van der Waals surface area contributed by atoms with E-state index < -0.39 is 0 Å². The van der Waals surface area contributed by atoms with Crippen LogP contribution in [0.3, 0.4) is 0 Å². The van der Waals surface area contributed by atoms with Gasteiger partial charge in [0.2, 0.25) is 5.91 Å². The number of hydrogen-bond acceptors (Lipinski definition) is 3. The summed E-state index contributed by atoms with van der Waals surface area (Å²) in [5, 5.41) is 2.80. The first kappa shape index (κ1) is 15.8. The summed E-state index contributed by atoms with van der Waals surface area (Å²) in [6.45, 7) is 2.15. The number of para-hydroxylation sites is 1. The molecule has 5 nitrogen and oxygen atoms in total. The van der Waals surface area contributed by atoms with Gasteiger partial charge >= 0.3 is 0 Å². The first-order valence-corrected chi connectivity index (χ1v) is 7.68. The molecular formula is C19H19N3O2. The molecule has 0 atom stereocenters. The van der Waals surface area contributed by atoms with Gasteiger partial charge in [-0.05, 0) is 18.2 Å². The monoisotopic (exact) mass is 321 g/mol. The second kappa shape index (κ2) is 7.00. The van der Waals surface area contributed by atoms with Crippen molar-refractivity contribution in [2.75, 3.05) is 12.4 Å². The average Bonchev–Trinajstić information content (AvgIpc) is 3.03. The Morgan fingerprint density at radius 2 is 2.04 bits per heavy atom. The highest BCUT2D eigenvalue weighted by atomic mass is 16.5. The Morgan fingerprint density at radius 1 is 1.21 bits per heavy atom. The van der Waals surface area contributed by atoms with E-state index in [-0.39, 0.29) is 5.91 Å². The summed E-state index contributed by atoms with van der Waals surface area (Å²) in [7, 11) is 1.67. The average molecular weight is 321 g/mol. The van der Waals surface area contributed by atoms with E-state index in [1.54, 1.807) is 13.3 Å². The van der Waals surface area contributed by atoms with E-state index in [1.807, 2.05) is 54.7 Å². The van der Waals surface area contributed by atoms with Gasteiger partial charge in [0, 0.05) is 36.1 Å². The lowest BCUT2D eigenvalue weighted by Gasteiger charge is -2.12. The van der Waals surface area contributed by atoms with Gasteiger partial charge in [0.05, 0.1) is 13.7 Å². The summed E-state index contributed by atoms with van der Waals surface area (Å²) in [4.78, 5) is 15.7. The Balaban J connectivity index is 1.92. The quantitative estimate of drug-likeness (QED) is 0.781. The van der Waals surface area contributed by atoms with Crippen LogP contribution in [0.25, 0.3) is 11.4 Å². The molecule has 1 N–H and O–H groups in total. The van der Waals surface area contributed by atoms with Gasteiger partial charge in [-0.25, -0.2) is 4.98 Å². The number of imidazole rings is 1. The number of ether oxygens (including phenoxy) is 1. The molecule has 0 saturated heterocycles. The zero-order chi connectivity index (χ0) is 16.9. The van der Waals surface area contributed by atoms with Crippen LogP contribution in [-0.2, 0) is 11.3 Å². The van der Waals surface area contributed by atoms with Crippen LogP contribution >= 0.6 is 0 Å². The molecule has 0 spiro atoms. The fraction of sp³-hybridized carbons (Fsp3) is 0.158. The number of carbonyl (C=O) groups is 1. The van der Waals surface area contributed by atoms with Gasteiger partial charge in [0.25, 0.3) is 0 Å². The molecule has 1 amide bonds. The van der Waals surface area contributed by atoms with Crippen LogP contribution in [0.2, 0.25) is 0 Å². The summed E-state index contributed by atoms with van der Waals surface area (Å²) >= 11 is 0. The van der Waals surface area contributed by atoms with Gasteiger partial charge in [0.1, 0.15) is 11.6 Å². The number of nitrogens with one attached hydrogen (secondary N) is 1. The predicted molar refractivity (Wildman–Crippen MR) is 94.1 cm³/mol. The van der Waals surface area contributed by atoms with Gasteiger partial charge in [-0.3, -0.25) is 4.79 Å². The van der Waals surface area contributed by atoms with Crippen LogP contribution in [0.4, 0.5) is 5.69 Å². The maximum Gasteiger partial charge on any atom is 0.221 e. The van der Waals surface area contributed by atoms with Gasteiger partial charge in [0.15, 0.2) is 0 Å². The molecule has 0 radical (unpaired) electrons. The van der Waals surface area contributed by atoms with Crippen LogP contribution in [0.5, 0.6) is 5.75 Å². The Labute approximate surface area is 140 Å². The fourth-order valence-corrected chi connectivity index (χ4v) is 2.65. The summed E-state index contributed by atoms with van der Waals surface area (Å²) in [6, 6.07) is 15.6. The SMILES string of the molecule is COc1ccccc1Cn1ccnc1-c1cccc(NC(C)=O)c1. The van der Waals surface area contributed by atoms with Crippen molar-refractivity contribution < 1.29 is 9.53 Å². The van der Waals surface area contributed by atoms with Crippen molar-refractivity contribution in [3.05, 3.63) is 66.5 Å². The molecule has 0 fully saturated rings. The highest BCUT2D eigenvalue weighted by Gasteiger charge is 2.10. The summed E-state index contributed by atoms with van der Waals surface area (Å²) in [5.74, 6) is 1.60. The normalized spacial score (nSPS) is 10.4. The van der Waals surface area contributed by atoms with E-state index in [0.717, 1.165) is 28.4 Å². The smallest absolute Gasteiger partial charge is 0.221 e. The van der Waals surface area contributed by atoms with Crippen molar-refractivity contribution in [1.82, 2.24) is 9.55 Å². The number of rotatable bonds is 5. The maximum atomic E-state index is 11.2. The van der Waals surface area contributed by atoms with Crippen LogP contribution in [0.1, 0.15) is 12.5 Å². The van der Waals surface area contributed by atoms with E-state index in [2.05, 4.69) is 14.9 Å². The number of hydrogen-bond donors (Lipinski definition) is 1. The zero-order valence-electron chi connectivity index (χ0n) is 13.7. The van der Waals surface area contributed by atoms with Crippen molar-refractivity contribution in [3.63, 3.8) is 0 Å². The molecule has 0 aliphatic heterocycles. The Hall–Kier alpha value is -3.08. The molecule has 2 aromatic carbocycles. The molecule has 3 aromatic rings. The van der Waals surface area contributed by atoms with Gasteiger partial charge < -0.3 is 14.6 Å². The lowest BCUT2D eigenvalue weighted by atomic mass is 10.1. The zero-order valence-corrected chi connectivity index (χ0v) is 13.7. The van der Waals surface area contributed by atoms with Crippen molar-refractivity contribution in [2.24, 2.45) is 0 Å². The van der Waals surface area contributed by atoms with Crippen molar-refractivity contribution >= 4 is 11.6 Å². The van der Waals surface area contributed by atoms with E-state index in [1.165, 1.54) is 6.92 Å². The number of methoxy groups -OCH3 is 1. The first-order chi connectivity index (χ1) is 11.7. The summed E-state index contributed by atoms with van der Waals surface area (Å²) in [6.07, 6.45) is 3.71. The lowest BCUT2D eigenvalue weighted by Crippen LogP contribution is -2.06. The predicted octanol–water partition coefficient (Wildman–Crippen LogP) is 3.57. The van der Waals surface area contributed by atoms with Crippen molar-refractivity contribution in [2.45, 2.75) is 13.5 Å². The van der Waals surface area contributed by atoms with E-state index in [9.17, 15) is 4.79 Å². The van der Waals surface area contributed by atoms with Gasteiger partial charge in [-0.2, -0.15) is 0 Å². The number of benzene rings is 2. The topological polar surface area (TPSA) is 56.1 Å². The van der Waals surface area contributed by atoms with Crippen LogP contribution in [0, 0.1) is 0 Å².